The number of likely N-dealkylation sites (N-methyl/N-ethyl adjacent to an activating group) is 1. The number of amides is 1. The first-order valence-electron chi connectivity index (χ1n) is 6.67. The number of hydrogen-bond acceptors (Lipinski definition) is 5. The maximum absolute atomic E-state index is 12.7. The topological polar surface area (TPSA) is 80.8 Å². The minimum Gasteiger partial charge on any atom is -0.452 e. The molecule has 1 atom stereocenters. The summed E-state index contributed by atoms with van der Waals surface area (Å²) in [7, 11) is -1.60. The Morgan fingerprint density at radius 3 is 2.50 bits per heavy atom. The third kappa shape index (κ3) is 4.03. The van der Waals surface area contributed by atoms with Crippen molar-refractivity contribution in [3.8, 4) is 0 Å². The molecule has 1 saturated heterocycles. The third-order valence-electron chi connectivity index (χ3n) is 3.56. The lowest BCUT2D eigenvalue weighted by Gasteiger charge is -2.23. The number of halogens is 1. The van der Waals surface area contributed by atoms with Gasteiger partial charge in [-0.25, -0.2) is 17.6 Å². The fraction of sp³-hybridized carbons (Fsp3) is 0.429. The Labute approximate surface area is 127 Å². The van der Waals surface area contributed by atoms with Crippen molar-refractivity contribution in [1.29, 1.82) is 0 Å². The molecule has 0 saturated carbocycles. The highest BCUT2D eigenvalue weighted by Crippen LogP contribution is 2.16. The van der Waals surface area contributed by atoms with Gasteiger partial charge in [0.05, 0.1) is 17.1 Å². The van der Waals surface area contributed by atoms with Crippen LogP contribution in [-0.2, 0) is 19.4 Å². The molecule has 0 spiro atoms. The van der Waals surface area contributed by atoms with Crippen molar-refractivity contribution in [2.24, 2.45) is 0 Å². The molecule has 1 heterocycles. The molecule has 22 heavy (non-hydrogen) atoms. The highest BCUT2D eigenvalue weighted by molar-refractivity contribution is 7.91. The SMILES string of the molecule is CN(C(=O)COC(=O)c1ccc(F)cc1)[C@H]1CCS(=O)(=O)C1. The van der Waals surface area contributed by atoms with Crippen LogP contribution in [0.2, 0.25) is 0 Å². The van der Waals surface area contributed by atoms with Crippen molar-refractivity contribution in [3.63, 3.8) is 0 Å². The molecule has 1 aromatic rings. The first kappa shape index (κ1) is 16.4. The van der Waals surface area contributed by atoms with Crippen LogP contribution in [0.5, 0.6) is 0 Å². The average Bonchev–Trinajstić information content (AvgIpc) is 2.84. The van der Waals surface area contributed by atoms with E-state index in [0.717, 1.165) is 12.1 Å². The Bertz CT molecular complexity index is 671. The van der Waals surface area contributed by atoms with Crippen molar-refractivity contribution < 1.29 is 27.1 Å². The molecule has 1 fully saturated rings. The summed E-state index contributed by atoms with van der Waals surface area (Å²) in [6.45, 7) is -0.483. The predicted molar refractivity (Wildman–Crippen MR) is 76.5 cm³/mol. The molecule has 0 aliphatic carbocycles. The normalized spacial score (nSPS) is 19.6. The summed E-state index contributed by atoms with van der Waals surface area (Å²) in [6.07, 6.45) is 0.385. The molecule has 1 aromatic carbocycles. The fourth-order valence-electron chi connectivity index (χ4n) is 2.18. The van der Waals surface area contributed by atoms with Crippen LogP contribution in [0.3, 0.4) is 0 Å². The van der Waals surface area contributed by atoms with Crippen LogP contribution in [0, 0.1) is 5.82 Å². The molecule has 0 bridgehead atoms. The van der Waals surface area contributed by atoms with Crippen LogP contribution in [0.15, 0.2) is 24.3 Å². The van der Waals surface area contributed by atoms with E-state index in [2.05, 4.69) is 0 Å². The van der Waals surface area contributed by atoms with Gasteiger partial charge in [0.1, 0.15) is 5.82 Å². The molecular weight excluding hydrogens is 313 g/mol. The van der Waals surface area contributed by atoms with Crippen LogP contribution in [0.4, 0.5) is 4.39 Å². The molecule has 120 valence electrons. The lowest BCUT2D eigenvalue weighted by Crippen LogP contribution is -2.40. The Balaban J connectivity index is 1.87. The number of carbonyl (C=O) groups is 2. The van der Waals surface area contributed by atoms with Crippen LogP contribution in [0.1, 0.15) is 16.8 Å². The van der Waals surface area contributed by atoms with Crippen molar-refractivity contribution in [2.75, 3.05) is 25.2 Å². The van der Waals surface area contributed by atoms with E-state index in [1.807, 2.05) is 0 Å². The minimum atomic E-state index is -3.09. The van der Waals surface area contributed by atoms with Crippen LogP contribution >= 0.6 is 0 Å². The summed E-state index contributed by atoms with van der Waals surface area (Å²) in [5.41, 5.74) is 0.139. The Hall–Kier alpha value is -1.96. The van der Waals surface area contributed by atoms with E-state index in [0.29, 0.717) is 6.42 Å². The summed E-state index contributed by atoms with van der Waals surface area (Å²) < 4.78 is 40.4. The Kier molecular flexibility index (Phi) is 4.80. The van der Waals surface area contributed by atoms with E-state index in [1.54, 1.807) is 0 Å². The number of rotatable bonds is 4. The standard InChI is InChI=1S/C14H16FNO5S/c1-16(12-6-7-22(19,20)9-12)13(17)8-21-14(18)10-2-4-11(15)5-3-10/h2-5,12H,6-9H2,1H3/t12-/m0/s1. The zero-order valence-electron chi connectivity index (χ0n) is 12.0. The summed E-state index contributed by atoms with van der Waals surface area (Å²) >= 11 is 0. The van der Waals surface area contributed by atoms with Crippen molar-refractivity contribution in [2.45, 2.75) is 12.5 Å². The molecule has 0 N–H and O–H groups in total. The second kappa shape index (κ2) is 6.43. The number of esters is 1. The van der Waals surface area contributed by atoms with Gasteiger partial charge in [-0.15, -0.1) is 0 Å². The lowest BCUT2D eigenvalue weighted by molar-refractivity contribution is -0.134. The maximum atomic E-state index is 12.7. The molecular formula is C14H16FNO5S. The molecule has 2 rings (SSSR count). The largest absolute Gasteiger partial charge is 0.452 e. The van der Waals surface area contributed by atoms with Gasteiger partial charge in [0.15, 0.2) is 16.4 Å². The van der Waals surface area contributed by atoms with Crippen LogP contribution in [0.25, 0.3) is 0 Å². The first-order chi connectivity index (χ1) is 10.3. The predicted octanol–water partition coefficient (Wildman–Crippen LogP) is 0.628. The quantitative estimate of drug-likeness (QED) is 0.757. The second-order valence-electron chi connectivity index (χ2n) is 5.14. The van der Waals surface area contributed by atoms with Gasteiger partial charge in [0.2, 0.25) is 0 Å². The second-order valence-corrected chi connectivity index (χ2v) is 7.37. The van der Waals surface area contributed by atoms with Gasteiger partial charge >= 0.3 is 5.97 Å². The van der Waals surface area contributed by atoms with Crippen LogP contribution in [-0.4, -0.2) is 56.4 Å². The molecule has 6 nitrogen and oxygen atoms in total. The van der Waals surface area contributed by atoms with Crippen molar-refractivity contribution >= 4 is 21.7 Å². The number of ether oxygens (including phenoxy) is 1. The van der Waals surface area contributed by atoms with Crippen LogP contribution < -0.4 is 0 Å². The van der Waals surface area contributed by atoms with Crippen molar-refractivity contribution in [3.05, 3.63) is 35.6 Å². The smallest absolute Gasteiger partial charge is 0.338 e. The van der Waals surface area contributed by atoms with E-state index in [9.17, 15) is 22.4 Å². The number of benzene rings is 1. The number of nitrogens with zero attached hydrogens (tertiary/aromatic N) is 1. The summed E-state index contributed by atoms with van der Waals surface area (Å²) in [6, 6.07) is 4.37. The number of carbonyl (C=O) groups excluding carboxylic acids is 2. The lowest BCUT2D eigenvalue weighted by atomic mass is 10.2. The maximum Gasteiger partial charge on any atom is 0.338 e. The van der Waals surface area contributed by atoms with Gasteiger partial charge in [-0.3, -0.25) is 4.79 Å². The fourth-order valence-corrected chi connectivity index (χ4v) is 3.96. The first-order valence-corrected chi connectivity index (χ1v) is 8.49. The Morgan fingerprint density at radius 2 is 1.95 bits per heavy atom. The molecule has 1 aliphatic rings. The van der Waals surface area contributed by atoms with Gasteiger partial charge in [0.25, 0.3) is 5.91 Å². The van der Waals surface area contributed by atoms with Gasteiger partial charge in [-0.1, -0.05) is 0 Å². The number of sulfone groups is 1. The van der Waals surface area contributed by atoms with E-state index >= 15 is 0 Å². The third-order valence-corrected chi connectivity index (χ3v) is 5.31. The molecule has 0 radical (unpaired) electrons. The van der Waals surface area contributed by atoms with Gasteiger partial charge in [0, 0.05) is 13.1 Å². The van der Waals surface area contributed by atoms with E-state index in [-0.39, 0.29) is 23.1 Å². The molecule has 8 heteroatoms. The zero-order chi connectivity index (χ0) is 16.3. The van der Waals surface area contributed by atoms with E-state index < -0.39 is 34.1 Å². The van der Waals surface area contributed by atoms with E-state index in [4.69, 9.17) is 4.74 Å². The summed E-state index contributed by atoms with van der Waals surface area (Å²) in [5.74, 6) is -1.70. The van der Waals surface area contributed by atoms with E-state index in [1.165, 1.54) is 24.1 Å². The molecule has 0 unspecified atom stereocenters. The highest BCUT2D eigenvalue weighted by atomic mass is 32.2. The summed E-state index contributed by atoms with van der Waals surface area (Å²) in [4.78, 5) is 24.9. The molecule has 1 aliphatic heterocycles. The average molecular weight is 329 g/mol. The molecule has 1 amide bonds. The zero-order valence-corrected chi connectivity index (χ0v) is 12.8. The number of hydrogen-bond donors (Lipinski definition) is 0. The van der Waals surface area contributed by atoms with Gasteiger partial charge in [-0.2, -0.15) is 0 Å². The minimum absolute atomic E-state index is 0.0602. The van der Waals surface area contributed by atoms with Gasteiger partial charge < -0.3 is 9.64 Å². The van der Waals surface area contributed by atoms with Crippen molar-refractivity contribution in [1.82, 2.24) is 4.90 Å². The summed E-state index contributed by atoms with van der Waals surface area (Å²) in [5, 5.41) is 0. The molecule has 0 aromatic heterocycles. The monoisotopic (exact) mass is 329 g/mol. The highest BCUT2D eigenvalue weighted by Gasteiger charge is 2.32. The Morgan fingerprint density at radius 1 is 1.32 bits per heavy atom. The van der Waals surface area contributed by atoms with Gasteiger partial charge in [-0.05, 0) is 30.7 Å².